The molecule has 1 amide bonds. The summed E-state index contributed by atoms with van der Waals surface area (Å²) in [5.41, 5.74) is 0. The second-order valence-electron chi connectivity index (χ2n) is 2.85. The van der Waals surface area contributed by atoms with Crippen molar-refractivity contribution in [1.82, 2.24) is 4.90 Å². The molecule has 0 N–H and O–H groups in total. The molecule has 2 aliphatic rings. The summed E-state index contributed by atoms with van der Waals surface area (Å²) in [6.45, 7) is 2.73. The summed E-state index contributed by atoms with van der Waals surface area (Å²) in [5, 5.41) is 0. The number of fused-ring (bicyclic) bond motifs is 1. The Morgan fingerprint density at radius 1 is 1.80 bits per heavy atom. The molecular formula is C7H11NO2. The molecule has 2 rings (SSSR count). The van der Waals surface area contributed by atoms with E-state index in [9.17, 15) is 4.79 Å². The zero-order chi connectivity index (χ0) is 7.14. The molecule has 2 saturated heterocycles. The van der Waals surface area contributed by atoms with Gasteiger partial charge in [0, 0.05) is 6.42 Å². The molecule has 0 radical (unpaired) electrons. The van der Waals surface area contributed by atoms with Crippen molar-refractivity contribution < 1.29 is 9.53 Å². The number of hydrogen-bond acceptors (Lipinski definition) is 2. The van der Waals surface area contributed by atoms with Gasteiger partial charge in [0.15, 0.2) is 0 Å². The maximum absolute atomic E-state index is 10.9. The zero-order valence-electron chi connectivity index (χ0n) is 6.04. The van der Waals surface area contributed by atoms with Crippen LogP contribution in [0.25, 0.3) is 0 Å². The molecule has 0 unspecified atom stereocenters. The summed E-state index contributed by atoms with van der Waals surface area (Å²) >= 11 is 0. The molecule has 3 heteroatoms. The molecular weight excluding hydrogens is 130 g/mol. The van der Waals surface area contributed by atoms with E-state index in [1.165, 1.54) is 0 Å². The number of rotatable bonds is 1. The molecule has 10 heavy (non-hydrogen) atoms. The van der Waals surface area contributed by atoms with Crippen molar-refractivity contribution in [3.8, 4) is 0 Å². The first-order valence-corrected chi connectivity index (χ1v) is 3.79. The van der Waals surface area contributed by atoms with Gasteiger partial charge in [-0.05, 0) is 6.42 Å². The summed E-state index contributed by atoms with van der Waals surface area (Å²) in [4.78, 5) is 12.7. The molecule has 0 aliphatic carbocycles. The standard InChI is InChI=1S/C7H11NO2/c1-2-5-6-3-4-10-7(9)8(5)6/h5-6H,2-4H2,1H3/t5-,6+,8?/m0/s1. The molecule has 2 heterocycles. The summed E-state index contributed by atoms with van der Waals surface area (Å²) in [5.74, 6) is 0. The van der Waals surface area contributed by atoms with Gasteiger partial charge in [-0.15, -0.1) is 0 Å². The van der Waals surface area contributed by atoms with E-state index in [-0.39, 0.29) is 6.09 Å². The van der Waals surface area contributed by atoms with Gasteiger partial charge >= 0.3 is 6.09 Å². The summed E-state index contributed by atoms with van der Waals surface area (Å²) in [6, 6.07) is 1.02. The minimum atomic E-state index is -0.108. The van der Waals surface area contributed by atoms with Crippen LogP contribution in [0.15, 0.2) is 0 Å². The Labute approximate surface area is 60.0 Å². The third-order valence-electron chi connectivity index (χ3n) is 2.34. The Balaban J connectivity index is 2.04. The van der Waals surface area contributed by atoms with Crippen LogP contribution in [-0.2, 0) is 4.74 Å². The third-order valence-corrected chi connectivity index (χ3v) is 2.34. The fourth-order valence-corrected chi connectivity index (χ4v) is 1.75. The Morgan fingerprint density at radius 3 is 3.20 bits per heavy atom. The minimum Gasteiger partial charge on any atom is -0.449 e. The third kappa shape index (κ3) is 0.632. The van der Waals surface area contributed by atoms with Crippen LogP contribution in [-0.4, -0.2) is 29.7 Å². The van der Waals surface area contributed by atoms with Crippen LogP contribution in [0.5, 0.6) is 0 Å². The van der Waals surface area contributed by atoms with Gasteiger partial charge < -0.3 is 4.74 Å². The molecule has 0 saturated carbocycles. The van der Waals surface area contributed by atoms with Gasteiger partial charge in [0.2, 0.25) is 0 Å². The monoisotopic (exact) mass is 141 g/mol. The van der Waals surface area contributed by atoms with Gasteiger partial charge in [0.25, 0.3) is 0 Å². The van der Waals surface area contributed by atoms with Gasteiger partial charge in [-0.2, -0.15) is 0 Å². The number of hydrogen-bond donors (Lipinski definition) is 0. The minimum absolute atomic E-state index is 0.108. The largest absolute Gasteiger partial charge is 0.449 e. The van der Waals surface area contributed by atoms with E-state index >= 15 is 0 Å². The molecule has 3 nitrogen and oxygen atoms in total. The van der Waals surface area contributed by atoms with Gasteiger partial charge in [0.05, 0.1) is 18.7 Å². The smallest absolute Gasteiger partial charge is 0.410 e. The highest BCUT2D eigenvalue weighted by Gasteiger charge is 2.52. The topological polar surface area (TPSA) is 29.3 Å². The fraction of sp³-hybridized carbons (Fsp3) is 0.857. The van der Waals surface area contributed by atoms with Crippen LogP contribution < -0.4 is 0 Å². The lowest BCUT2D eigenvalue weighted by atomic mass is 10.2. The van der Waals surface area contributed by atoms with E-state index < -0.39 is 0 Å². The van der Waals surface area contributed by atoms with Crippen LogP contribution in [0, 0.1) is 0 Å². The average molecular weight is 141 g/mol. The van der Waals surface area contributed by atoms with E-state index in [1.807, 2.05) is 4.90 Å². The lowest BCUT2D eigenvalue weighted by Crippen LogP contribution is -2.22. The fourth-order valence-electron chi connectivity index (χ4n) is 1.75. The summed E-state index contributed by atoms with van der Waals surface area (Å²) in [6.07, 6.45) is 1.99. The number of ether oxygens (including phenoxy) is 1. The highest BCUT2D eigenvalue weighted by Crippen LogP contribution is 2.36. The lowest BCUT2D eigenvalue weighted by Gasteiger charge is -2.10. The van der Waals surface area contributed by atoms with Crippen LogP contribution >= 0.6 is 0 Å². The van der Waals surface area contributed by atoms with E-state index in [0.717, 1.165) is 12.8 Å². The Morgan fingerprint density at radius 2 is 2.60 bits per heavy atom. The first kappa shape index (κ1) is 6.01. The normalized spacial score (nSPS) is 36.9. The summed E-state index contributed by atoms with van der Waals surface area (Å²) in [7, 11) is 0. The quantitative estimate of drug-likeness (QED) is 0.509. The second-order valence-corrected chi connectivity index (χ2v) is 2.85. The van der Waals surface area contributed by atoms with Gasteiger partial charge in [-0.3, -0.25) is 4.90 Å². The maximum Gasteiger partial charge on any atom is 0.410 e. The molecule has 2 fully saturated rings. The van der Waals surface area contributed by atoms with Crippen LogP contribution in [0.1, 0.15) is 19.8 Å². The Bertz CT molecular complexity index is 165. The Kier molecular flexibility index (Phi) is 1.13. The number of nitrogens with zero attached hydrogens (tertiary/aromatic N) is 1. The Hall–Kier alpha value is -0.730. The van der Waals surface area contributed by atoms with Gasteiger partial charge in [0.1, 0.15) is 0 Å². The molecule has 0 spiro atoms. The SMILES string of the molecule is CC[C@H]1[C@H]2CCOC(=O)N21. The van der Waals surface area contributed by atoms with Crippen molar-refractivity contribution in [2.75, 3.05) is 6.61 Å². The molecule has 0 bridgehead atoms. The van der Waals surface area contributed by atoms with Crippen molar-refractivity contribution >= 4 is 6.09 Å². The van der Waals surface area contributed by atoms with Crippen molar-refractivity contribution in [1.29, 1.82) is 0 Å². The first-order valence-electron chi connectivity index (χ1n) is 3.79. The van der Waals surface area contributed by atoms with Crippen molar-refractivity contribution in [2.45, 2.75) is 31.8 Å². The van der Waals surface area contributed by atoms with Crippen LogP contribution in [0.2, 0.25) is 0 Å². The lowest BCUT2D eigenvalue weighted by molar-refractivity contribution is 0.109. The highest BCUT2D eigenvalue weighted by atomic mass is 16.6. The number of carbonyl (C=O) groups is 1. The predicted molar refractivity (Wildman–Crippen MR) is 35.7 cm³/mol. The van der Waals surface area contributed by atoms with Gasteiger partial charge in [-0.1, -0.05) is 6.92 Å². The van der Waals surface area contributed by atoms with Crippen molar-refractivity contribution in [3.63, 3.8) is 0 Å². The molecule has 0 aromatic carbocycles. The average Bonchev–Trinajstić information content (AvgIpc) is 2.63. The molecule has 2 atom stereocenters. The van der Waals surface area contributed by atoms with E-state index in [0.29, 0.717) is 18.7 Å². The maximum atomic E-state index is 10.9. The van der Waals surface area contributed by atoms with Crippen molar-refractivity contribution in [2.24, 2.45) is 0 Å². The predicted octanol–water partition coefficient (Wildman–Crippen LogP) is 0.990. The van der Waals surface area contributed by atoms with Crippen molar-refractivity contribution in [3.05, 3.63) is 0 Å². The first-order chi connectivity index (χ1) is 4.84. The summed E-state index contributed by atoms with van der Waals surface area (Å²) < 4.78 is 4.85. The van der Waals surface area contributed by atoms with Crippen LogP contribution in [0.3, 0.4) is 0 Å². The second kappa shape index (κ2) is 1.87. The molecule has 0 aromatic heterocycles. The number of carbonyl (C=O) groups excluding carboxylic acids is 1. The van der Waals surface area contributed by atoms with Gasteiger partial charge in [-0.25, -0.2) is 4.79 Å². The van der Waals surface area contributed by atoms with E-state index in [1.54, 1.807) is 0 Å². The van der Waals surface area contributed by atoms with E-state index in [2.05, 4.69) is 6.92 Å². The number of cyclic esters (lactones) is 1. The zero-order valence-corrected chi connectivity index (χ0v) is 6.04. The van der Waals surface area contributed by atoms with Crippen LogP contribution in [0.4, 0.5) is 4.79 Å². The molecule has 0 aromatic rings. The molecule has 2 aliphatic heterocycles. The van der Waals surface area contributed by atoms with E-state index in [4.69, 9.17) is 4.74 Å². The highest BCUT2D eigenvalue weighted by molar-refractivity contribution is 5.73. The molecule has 56 valence electrons. The number of amides is 1.